The van der Waals surface area contributed by atoms with E-state index in [2.05, 4.69) is 10.1 Å². The van der Waals surface area contributed by atoms with Gasteiger partial charge in [-0.1, -0.05) is 65.3 Å². The van der Waals surface area contributed by atoms with Gasteiger partial charge in [-0.2, -0.15) is 0 Å². The number of hydrogen-bond acceptors (Lipinski definition) is 5. The Balaban J connectivity index is 1.57. The molecule has 2 aromatic heterocycles. The summed E-state index contributed by atoms with van der Waals surface area (Å²) in [6, 6.07) is 11.1. The number of amides is 2. The molecule has 3 aliphatic rings. The zero-order valence-electron chi connectivity index (χ0n) is 18.9. The average Bonchev–Trinajstić information content (AvgIpc) is 3.47. The van der Waals surface area contributed by atoms with E-state index in [1.165, 1.54) is 0 Å². The number of pyridine rings is 1. The van der Waals surface area contributed by atoms with Gasteiger partial charge in [-0.05, 0) is 19.1 Å². The van der Waals surface area contributed by atoms with Crippen LogP contribution in [0.2, 0.25) is 0 Å². The molecule has 1 aromatic carbocycles. The van der Waals surface area contributed by atoms with E-state index in [0.717, 1.165) is 11.1 Å². The van der Waals surface area contributed by atoms with Gasteiger partial charge in [0.15, 0.2) is 11.4 Å². The molecule has 3 aromatic rings. The second-order valence-corrected chi connectivity index (χ2v) is 9.17. The number of carbonyl (C=O) groups excluding carboxylic acids is 2. The smallest absolute Gasteiger partial charge is 0.262 e. The van der Waals surface area contributed by atoms with Crippen molar-refractivity contribution >= 4 is 23.4 Å². The second kappa shape index (κ2) is 8.06. The number of rotatable bonds is 3. The third-order valence-corrected chi connectivity index (χ3v) is 7.10. The van der Waals surface area contributed by atoms with Gasteiger partial charge in [-0.3, -0.25) is 14.6 Å². The molecule has 6 rings (SSSR count). The molecule has 4 heterocycles. The van der Waals surface area contributed by atoms with Gasteiger partial charge < -0.3 is 14.3 Å². The zero-order chi connectivity index (χ0) is 24.2. The van der Waals surface area contributed by atoms with Gasteiger partial charge in [0.2, 0.25) is 0 Å². The van der Waals surface area contributed by atoms with E-state index in [0.29, 0.717) is 52.7 Å². The first-order valence-corrected chi connectivity index (χ1v) is 11.7. The number of carbonyl (C=O) groups is 2. The van der Waals surface area contributed by atoms with Crippen LogP contribution in [0.15, 0.2) is 88.2 Å². The van der Waals surface area contributed by atoms with Crippen LogP contribution in [0, 0.1) is 6.92 Å². The Bertz CT molecular complexity index is 1460. The first kappa shape index (κ1) is 21.6. The van der Waals surface area contributed by atoms with Gasteiger partial charge >= 0.3 is 0 Å². The number of aromatic nitrogens is 2. The van der Waals surface area contributed by atoms with Crippen LogP contribution >= 0.6 is 11.6 Å². The number of fused-ring (bicyclic) bond motifs is 3. The van der Waals surface area contributed by atoms with Crippen molar-refractivity contribution in [2.75, 3.05) is 13.1 Å². The highest BCUT2D eigenvalue weighted by Gasteiger charge is 2.60. The molecule has 0 N–H and O–H groups in total. The molecule has 8 heteroatoms. The average molecular weight is 485 g/mol. The molecule has 0 saturated carbocycles. The van der Waals surface area contributed by atoms with Gasteiger partial charge in [-0.15, -0.1) is 0 Å². The predicted octanol–water partition coefficient (Wildman–Crippen LogP) is 4.82. The third-order valence-electron chi connectivity index (χ3n) is 6.81. The molecule has 2 aliphatic heterocycles. The Hall–Kier alpha value is -3.97. The highest BCUT2D eigenvalue weighted by molar-refractivity contribution is 6.29. The van der Waals surface area contributed by atoms with Crippen molar-refractivity contribution in [3.63, 3.8) is 0 Å². The first-order chi connectivity index (χ1) is 17.0. The van der Waals surface area contributed by atoms with Crippen LogP contribution in [0.1, 0.15) is 38.4 Å². The van der Waals surface area contributed by atoms with Crippen molar-refractivity contribution in [2.24, 2.45) is 0 Å². The van der Waals surface area contributed by atoms with E-state index >= 15 is 0 Å². The second-order valence-electron chi connectivity index (χ2n) is 8.69. The molecule has 0 radical (unpaired) electrons. The lowest BCUT2D eigenvalue weighted by molar-refractivity contribution is 0.0372. The Kier molecular flexibility index (Phi) is 4.96. The molecule has 1 atom stereocenters. The summed E-state index contributed by atoms with van der Waals surface area (Å²) in [6.45, 7) is 2.49. The van der Waals surface area contributed by atoms with E-state index in [1.807, 2.05) is 54.6 Å². The van der Waals surface area contributed by atoms with Crippen LogP contribution in [-0.4, -0.2) is 44.8 Å². The summed E-state index contributed by atoms with van der Waals surface area (Å²) < 4.78 is 5.63. The van der Waals surface area contributed by atoms with Crippen molar-refractivity contribution < 1.29 is 14.1 Å². The molecule has 1 fully saturated rings. The number of halogens is 1. The van der Waals surface area contributed by atoms with Crippen molar-refractivity contribution in [1.82, 2.24) is 19.9 Å². The third kappa shape index (κ3) is 3.04. The lowest BCUT2D eigenvalue weighted by Crippen LogP contribution is -2.52. The molecule has 1 saturated heterocycles. The van der Waals surface area contributed by atoms with E-state index in [9.17, 15) is 9.59 Å². The van der Waals surface area contributed by atoms with Gasteiger partial charge in [0, 0.05) is 53.6 Å². The molecular formula is C27H21ClN4O3. The Morgan fingerprint density at radius 2 is 1.97 bits per heavy atom. The summed E-state index contributed by atoms with van der Waals surface area (Å²) >= 11 is 6.32. The summed E-state index contributed by atoms with van der Waals surface area (Å²) in [6.07, 6.45) is 11.5. The summed E-state index contributed by atoms with van der Waals surface area (Å²) in [5.41, 5.74) is 2.47. The molecule has 1 unspecified atom stereocenters. The summed E-state index contributed by atoms with van der Waals surface area (Å²) in [4.78, 5) is 35.7. The molecule has 0 bridgehead atoms. The molecule has 2 amide bonds. The zero-order valence-corrected chi connectivity index (χ0v) is 19.7. The van der Waals surface area contributed by atoms with Crippen LogP contribution in [0.4, 0.5) is 0 Å². The van der Waals surface area contributed by atoms with E-state index in [4.69, 9.17) is 16.1 Å². The number of hydrogen-bond donors (Lipinski definition) is 0. The van der Waals surface area contributed by atoms with Crippen LogP contribution in [0.3, 0.4) is 0 Å². The lowest BCUT2D eigenvalue weighted by Gasteiger charge is -2.40. The van der Waals surface area contributed by atoms with Crippen LogP contribution in [0.25, 0.3) is 11.3 Å². The van der Waals surface area contributed by atoms with Crippen molar-refractivity contribution in [2.45, 2.75) is 19.0 Å². The summed E-state index contributed by atoms with van der Waals surface area (Å²) in [5.74, 6) is 0.0191. The minimum absolute atomic E-state index is 0.128. The number of benzene rings is 1. The minimum Gasteiger partial charge on any atom is -0.355 e. The standard InChI is InChI=1S/C27H21ClN4O3/c1-17-23(24(35-30-17)18-6-3-2-4-7-18)26(34)32-15-14-31-25(33)21-12-13-29-16-22(21)27(31,32)19-8-5-9-20(28)11-10-19/h2-8,10-13,16H,9,14-15H2,1H3. The number of nitrogens with zero attached hydrogens (tertiary/aromatic N) is 4. The number of allylic oxidation sites excluding steroid dienone is 4. The fraction of sp³-hybridized carbons (Fsp3) is 0.185. The molecular weight excluding hydrogens is 464 g/mol. The monoisotopic (exact) mass is 484 g/mol. The lowest BCUT2D eigenvalue weighted by atomic mass is 9.89. The fourth-order valence-corrected chi connectivity index (χ4v) is 5.46. The molecule has 35 heavy (non-hydrogen) atoms. The Morgan fingerprint density at radius 3 is 2.80 bits per heavy atom. The van der Waals surface area contributed by atoms with E-state index < -0.39 is 5.66 Å². The first-order valence-electron chi connectivity index (χ1n) is 11.4. The van der Waals surface area contributed by atoms with E-state index in [-0.39, 0.29) is 11.8 Å². The Morgan fingerprint density at radius 1 is 1.14 bits per heavy atom. The molecule has 7 nitrogen and oxygen atoms in total. The van der Waals surface area contributed by atoms with Crippen LogP contribution < -0.4 is 0 Å². The SMILES string of the molecule is Cc1noc(-c2ccccc2)c1C(=O)N1CCN2C(=O)c3ccncc3C21C1=CC=C(Cl)CC=C1. The summed E-state index contributed by atoms with van der Waals surface area (Å²) in [5, 5.41) is 4.79. The fourth-order valence-electron chi connectivity index (χ4n) is 5.31. The van der Waals surface area contributed by atoms with Gasteiger partial charge in [0.25, 0.3) is 11.8 Å². The molecule has 1 aliphatic carbocycles. The molecule has 0 spiro atoms. The topological polar surface area (TPSA) is 79.5 Å². The number of aryl methyl sites for hydroxylation is 1. The van der Waals surface area contributed by atoms with Gasteiger partial charge in [0.1, 0.15) is 5.56 Å². The maximum Gasteiger partial charge on any atom is 0.262 e. The Labute approximate surface area is 207 Å². The van der Waals surface area contributed by atoms with Crippen LogP contribution in [0.5, 0.6) is 0 Å². The normalized spacial score (nSPS) is 20.9. The highest BCUT2D eigenvalue weighted by atomic mass is 35.5. The summed E-state index contributed by atoms with van der Waals surface area (Å²) in [7, 11) is 0. The van der Waals surface area contributed by atoms with Crippen molar-refractivity contribution in [3.8, 4) is 11.3 Å². The van der Waals surface area contributed by atoms with E-state index in [1.54, 1.807) is 35.2 Å². The maximum atomic E-state index is 14.4. The van der Waals surface area contributed by atoms with Crippen LogP contribution in [-0.2, 0) is 5.66 Å². The quantitative estimate of drug-likeness (QED) is 0.532. The largest absolute Gasteiger partial charge is 0.355 e. The van der Waals surface area contributed by atoms with Crippen molar-refractivity contribution in [1.29, 1.82) is 0 Å². The van der Waals surface area contributed by atoms with Gasteiger partial charge in [-0.25, -0.2) is 0 Å². The van der Waals surface area contributed by atoms with Crippen molar-refractivity contribution in [3.05, 3.63) is 106 Å². The maximum absolute atomic E-state index is 14.4. The molecule has 174 valence electrons. The predicted molar refractivity (Wildman–Crippen MR) is 130 cm³/mol. The highest BCUT2D eigenvalue weighted by Crippen LogP contribution is 2.51. The minimum atomic E-state index is -1.15. The van der Waals surface area contributed by atoms with Gasteiger partial charge in [0.05, 0.1) is 11.3 Å².